The lowest BCUT2D eigenvalue weighted by atomic mass is 10.1. The molecule has 0 aliphatic carbocycles. The molecule has 0 aliphatic heterocycles. The van der Waals surface area contributed by atoms with Crippen molar-refractivity contribution in [2.24, 2.45) is 0 Å². The van der Waals surface area contributed by atoms with E-state index in [1.807, 2.05) is 6.08 Å². The lowest BCUT2D eigenvalue weighted by Gasteiger charge is -2.16. The van der Waals surface area contributed by atoms with Crippen LogP contribution in [-0.2, 0) is 19.1 Å². The Hall–Kier alpha value is -2.22. The normalized spacial score (nSPS) is 14.6. The highest BCUT2D eigenvalue weighted by molar-refractivity contribution is 5.70. The maximum absolute atomic E-state index is 12.0. The third kappa shape index (κ3) is 24.1. The predicted molar refractivity (Wildman–Crippen MR) is 152 cm³/mol. The fourth-order valence-corrected chi connectivity index (χ4v) is 3.51. The van der Waals surface area contributed by atoms with Gasteiger partial charge in [0.15, 0.2) is 6.10 Å². The lowest BCUT2D eigenvalue weighted by Crippen LogP contribution is -2.28. The second kappa shape index (κ2) is 26.4. The first kappa shape index (κ1) is 35.8. The Morgan fingerprint density at radius 3 is 2.05 bits per heavy atom. The van der Waals surface area contributed by atoms with Gasteiger partial charge in [0.25, 0.3) is 0 Å². The van der Waals surface area contributed by atoms with Gasteiger partial charge in [0.1, 0.15) is 6.61 Å². The van der Waals surface area contributed by atoms with Crippen LogP contribution in [-0.4, -0.2) is 58.8 Å². The zero-order chi connectivity index (χ0) is 28.3. The average molecular weight is 537 g/mol. The minimum absolute atomic E-state index is 0.0935. The summed E-state index contributed by atoms with van der Waals surface area (Å²) in [4.78, 5) is 23.8. The highest BCUT2D eigenvalue weighted by atomic mass is 16.6. The van der Waals surface area contributed by atoms with Gasteiger partial charge in [-0.2, -0.15) is 0 Å². The molecule has 38 heavy (non-hydrogen) atoms. The number of hydrogen-bond acceptors (Lipinski definition) is 7. The van der Waals surface area contributed by atoms with Crippen LogP contribution in [0.1, 0.15) is 104 Å². The lowest BCUT2D eigenvalue weighted by molar-refractivity contribution is -0.161. The van der Waals surface area contributed by atoms with Gasteiger partial charge in [0.05, 0.1) is 18.8 Å². The quantitative estimate of drug-likeness (QED) is 0.0611. The molecule has 0 saturated carbocycles. The summed E-state index contributed by atoms with van der Waals surface area (Å²) in [5.74, 6) is -0.854. The summed E-state index contributed by atoms with van der Waals surface area (Å²) in [6.45, 7) is 3.73. The van der Waals surface area contributed by atoms with Crippen LogP contribution in [0.3, 0.4) is 0 Å². The van der Waals surface area contributed by atoms with Crippen molar-refractivity contribution in [2.75, 3.05) is 13.2 Å². The SMILES string of the molecule is CCCCC/C=C\C[C@H](O)/C=C/C=C/C=C\[C@H](O)CCCC(=O)O[C@@H](CO)COC(=O)CCCCCCC. The molecule has 0 aromatic heterocycles. The molecule has 0 heterocycles. The first-order chi connectivity index (χ1) is 18.4. The van der Waals surface area contributed by atoms with Gasteiger partial charge in [-0.1, -0.05) is 101 Å². The van der Waals surface area contributed by atoms with E-state index in [2.05, 4.69) is 19.9 Å². The Balaban J connectivity index is 4.01. The van der Waals surface area contributed by atoms with Crippen molar-refractivity contribution >= 4 is 11.9 Å². The van der Waals surface area contributed by atoms with Crippen LogP contribution in [0.4, 0.5) is 0 Å². The first-order valence-electron chi connectivity index (χ1n) is 14.4. The average Bonchev–Trinajstić information content (AvgIpc) is 2.90. The van der Waals surface area contributed by atoms with Gasteiger partial charge in [0.2, 0.25) is 0 Å². The van der Waals surface area contributed by atoms with Crippen molar-refractivity contribution in [2.45, 2.75) is 122 Å². The minimum Gasteiger partial charge on any atom is -0.462 e. The number of aliphatic hydroxyl groups excluding tert-OH is 3. The fraction of sp³-hybridized carbons (Fsp3) is 0.677. The number of carbonyl (C=O) groups excluding carboxylic acids is 2. The molecule has 218 valence electrons. The number of allylic oxidation sites excluding steroid dienone is 5. The summed E-state index contributed by atoms with van der Waals surface area (Å²) in [7, 11) is 0. The summed E-state index contributed by atoms with van der Waals surface area (Å²) in [6.07, 6.45) is 24.0. The molecular formula is C31H52O7. The van der Waals surface area contributed by atoms with Gasteiger partial charge in [-0.25, -0.2) is 0 Å². The molecule has 0 aromatic carbocycles. The topological polar surface area (TPSA) is 113 Å². The summed E-state index contributed by atoms with van der Waals surface area (Å²) in [5, 5.41) is 29.3. The third-order valence-electron chi connectivity index (χ3n) is 5.82. The zero-order valence-electron chi connectivity index (χ0n) is 23.6. The molecule has 0 aromatic rings. The van der Waals surface area contributed by atoms with Crippen molar-refractivity contribution < 1.29 is 34.4 Å². The Morgan fingerprint density at radius 1 is 0.737 bits per heavy atom. The van der Waals surface area contributed by atoms with Crippen LogP contribution >= 0.6 is 0 Å². The van der Waals surface area contributed by atoms with Crippen molar-refractivity contribution in [1.29, 1.82) is 0 Å². The van der Waals surface area contributed by atoms with Crippen LogP contribution in [0.2, 0.25) is 0 Å². The molecular weight excluding hydrogens is 484 g/mol. The van der Waals surface area contributed by atoms with Crippen molar-refractivity contribution in [3.05, 3.63) is 48.6 Å². The van der Waals surface area contributed by atoms with Crippen molar-refractivity contribution in [3.63, 3.8) is 0 Å². The van der Waals surface area contributed by atoms with Gasteiger partial charge >= 0.3 is 11.9 Å². The van der Waals surface area contributed by atoms with Crippen molar-refractivity contribution in [3.8, 4) is 0 Å². The molecule has 0 saturated heterocycles. The van der Waals surface area contributed by atoms with E-state index in [4.69, 9.17) is 9.47 Å². The smallest absolute Gasteiger partial charge is 0.306 e. The number of hydrogen-bond donors (Lipinski definition) is 3. The summed E-state index contributed by atoms with van der Waals surface area (Å²) in [5.41, 5.74) is 0. The highest BCUT2D eigenvalue weighted by Gasteiger charge is 2.16. The van der Waals surface area contributed by atoms with Crippen molar-refractivity contribution in [1.82, 2.24) is 0 Å². The summed E-state index contributed by atoms with van der Waals surface area (Å²) >= 11 is 0. The first-order valence-corrected chi connectivity index (χ1v) is 14.4. The molecule has 0 unspecified atom stereocenters. The zero-order valence-corrected chi connectivity index (χ0v) is 23.6. The summed E-state index contributed by atoms with van der Waals surface area (Å²) < 4.78 is 10.3. The second-order valence-corrected chi connectivity index (χ2v) is 9.53. The molecule has 0 aliphatic rings. The second-order valence-electron chi connectivity index (χ2n) is 9.53. The number of esters is 2. The number of rotatable bonds is 24. The minimum atomic E-state index is -0.880. The van der Waals surface area contributed by atoms with E-state index in [-0.39, 0.29) is 19.0 Å². The third-order valence-corrected chi connectivity index (χ3v) is 5.82. The molecule has 3 N–H and O–H groups in total. The molecule has 0 fully saturated rings. The van der Waals surface area contributed by atoms with E-state index in [1.165, 1.54) is 19.3 Å². The van der Waals surface area contributed by atoms with Crippen LogP contribution < -0.4 is 0 Å². The number of unbranched alkanes of at least 4 members (excludes halogenated alkanes) is 7. The maximum Gasteiger partial charge on any atom is 0.306 e. The number of carbonyl (C=O) groups is 2. The van der Waals surface area contributed by atoms with E-state index in [0.29, 0.717) is 25.7 Å². The molecule has 0 bridgehead atoms. The predicted octanol–water partition coefficient (Wildman–Crippen LogP) is 5.88. The van der Waals surface area contributed by atoms with Gasteiger partial charge in [-0.15, -0.1) is 0 Å². The monoisotopic (exact) mass is 536 g/mol. The number of ether oxygens (including phenoxy) is 2. The Labute approximate surface area is 230 Å². The largest absolute Gasteiger partial charge is 0.462 e. The van der Waals surface area contributed by atoms with E-state index < -0.39 is 30.9 Å². The van der Waals surface area contributed by atoms with Crippen LogP contribution in [0.15, 0.2) is 48.6 Å². The summed E-state index contributed by atoms with van der Waals surface area (Å²) in [6, 6.07) is 0. The maximum atomic E-state index is 12.0. The molecule has 0 rings (SSSR count). The van der Waals surface area contributed by atoms with E-state index in [1.54, 1.807) is 36.5 Å². The molecule has 7 nitrogen and oxygen atoms in total. The van der Waals surface area contributed by atoms with E-state index >= 15 is 0 Å². The molecule has 7 heteroatoms. The molecule has 0 spiro atoms. The Kier molecular flexibility index (Phi) is 24.8. The highest BCUT2D eigenvalue weighted by Crippen LogP contribution is 2.08. The van der Waals surface area contributed by atoms with E-state index in [0.717, 1.165) is 38.5 Å². The van der Waals surface area contributed by atoms with Gasteiger partial charge < -0.3 is 24.8 Å². The Morgan fingerprint density at radius 2 is 1.37 bits per heavy atom. The standard InChI is InChI=1S/C31H52O7/c1-3-5-7-9-11-14-19-27(33)20-15-12-13-16-21-28(34)22-18-24-31(36)38-29(25-32)26-37-30(35)23-17-10-8-6-4-2/h11-16,20-21,27-29,32-34H,3-10,17-19,22-26H2,1-2H3/b13-12+,14-11-,20-15+,21-16-/t27-,28-,29-/m0/s1. The molecule has 0 radical (unpaired) electrons. The van der Waals surface area contributed by atoms with Crippen LogP contribution in [0.25, 0.3) is 0 Å². The fourth-order valence-electron chi connectivity index (χ4n) is 3.51. The van der Waals surface area contributed by atoms with Gasteiger partial charge in [-0.3, -0.25) is 9.59 Å². The van der Waals surface area contributed by atoms with Crippen LogP contribution in [0, 0.1) is 0 Å². The Bertz CT molecular complexity index is 696. The van der Waals surface area contributed by atoms with E-state index in [9.17, 15) is 24.9 Å². The van der Waals surface area contributed by atoms with Gasteiger partial charge in [-0.05, 0) is 38.5 Å². The number of aliphatic hydroxyl groups is 3. The van der Waals surface area contributed by atoms with Crippen LogP contribution in [0.5, 0.6) is 0 Å². The van der Waals surface area contributed by atoms with Gasteiger partial charge in [0, 0.05) is 12.8 Å². The molecule has 0 amide bonds. The molecule has 3 atom stereocenters.